The summed E-state index contributed by atoms with van der Waals surface area (Å²) >= 11 is 1.15. The second-order valence-corrected chi connectivity index (χ2v) is 23.4. The number of carbonyl (C=O) groups excluding carboxylic acids is 14. The van der Waals surface area contributed by atoms with Gasteiger partial charge in [-0.1, -0.05) is 40.1 Å². The van der Waals surface area contributed by atoms with Gasteiger partial charge in [0.1, 0.15) is 19.0 Å². The van der Waals surface area contributed by atoms with Crippen molar-refractivity contribution in [1.82, 2.24) is 20.4 Å². The van der Waals surface area contributed by atoms with Crippen molar-refractivity contribution < 1.29 is 90.8 Å². The molecule has 0 saturated carbocycles. The minimum Gasteiger partial charge on any atom is -0.379 e. The highest BCUT2D eigenvalue weighted by Gasteiger charge is 2.57. The first-order valence-electron chi connectivity index (χ1n) is 26.7. The number of ketones is 7. The van der Waals surface area contributed by atoms with E-state index >= 15 is 0 Å². The summed E-state index contributed by atoms with van der Waals surface area (Å²) in [5.74, 6) is -7.26. The summed E-state index contributed by atoms with van der Waals surface area (Å²) in [6.45, 7) is 5.53. The molecule has 0 aliphatic carbocycles. The number of hydrogen-bond donors (Lipinski definition) is 3. The van der Waals surface area contributed by atoms with Gasteiger partial charge >= 0.3 is 0 Å². The molecular formula is C54H73N5O19S3. The van der Waals surface area contributed by atoms with Crippen LogP contribution >= 0.6 is 33.3 Å². The third-order valence-corrected chi connectivity index (χ3v) is 17.6. The summed E-state index contributed by atoms with van der Waals surface area (Å²) in [4.78, 5) is 177. The van der Waals surface area contributed by atoms with Crippen molar-refractivity contribution in [2.75, 3.05) is 103 Å². The third kappa shape index (κ3) is 21.6. The molecule has 3 saturated heterocycles. The van der Waals surface area contributed by atoms with Crippen LogP contribution < -0.4 is 16.0 Å². The number of anilines is 1. The van der Waals surface area contributed by atoms with E-state index in [0.29, 0.717) is 44.3 Å². The molecule has 3 N–H and O–H groups in total. The molecule has 81 heavy (non-hydrogen) atoms. The molecule has 3 aliphatic rings. The molecule has 27 heteroatoms. The Morgan fingerprint density at radius 1 is 0.691 bits per heavy atom. The minimum atomic E-state index is -2.30. The number of unbranched alkanes of at least 4 members (excludes halogenated alkanes) is 1. The molecule has 2 atom stereocenters. The van der Waals surface area contributed by atoms with Crippen LogP contribution in [-0.2, 0) is 97.2 Å². The fourth-order valence-electron chi connectivity index (χ4n) is 8.65. The number of Topliss-reactive ketones (excluding diaryl/α,β-unsaturated/α-hetero) is 7. The summed E-state index contributed by atoms with van der Waals surface area (Å²) in [5, 5.41) is 7.46. The number of likely N-dealkylation sites (tertiary alicyclic amines) is 2. The molecule has 7 amide bonds. The van der Waals surface area contributed by atoms with Crippen molar-refractivity contribution in [3.63, 3.8) is 0 Å². The van der Waals surface area contributed by atoms with E-state index in [9.17, 15) is 67.1 Å². The topological polar surface area (TPSA) is 328 Å². The number of β-lactam (4-membered cyclic amide) rings is 1. The van der Waals surface area contributed by atoms with Gasteiger partial charge in [0.25, 0.3) is 0 Å². The number of benzene rings is 1. The Bertz CT molecular complexity index is 2430. The van der Waals surface area contributed by atoms with Gasteiger partial charge in [0.15, 0.2) is 38.8 Å². The molecule has 0 bridgehead atoms. The number of nitrogens with zero attached hydrogens (tertiary/aromatic N) is 2. The first-order chi connectivity index (χ1) is 38.6. The standard InChI is InChI=1S/C54H73N5O19S3/c1-35(60)53(36(2)61,37(3)62)44(65)16-22-74-24-26-76-28-29-77-27-25-75-23-19-56-51(72)40(31-42(64)17-30-79-43-32-50(71)59(52(43)73)20-14-45(66)54(38(4)63)80-81-54)7-5-6-18-55-46(67)33-78-34-47(68)57-41-11-8-39(9-12-41)10-13-48(69)58-21-15-49(58)70/h8-9,11-12,40,43H,5-7,10,13-34H2,1-4H3,(H,55,67)(H,56,72)(H,57,68)/t40-,43?/m0/s1. The number of carbonyl (C=O) groups is 14. The lowest BCUT2D eigenvalue weighted by molar-refractivity contribution is -0.155. The Hall–Kier alpha value is -5.55. The second kappa shape index (κ2) is 34.8. The first kappa shape index (κ1) is 68.0. The maximum atomic E-state index is 13.4. The van der Waals surface area contributed by atoms with Crippen LogP contribution in [0.5, 0.6) is 0 Å². The number of nitrogens with one attached hydrogen (secondary N) is 3. The number of thioether (sulfide) groups is 1. The molecule has 1 aromatic rings. The second-order valence-electron chi connectivity index (χ2n) is 19.3. The average molecular weight is 1190 g/mol. The van der Waals surface area contributed by atoms with Gasteiger partial charge in [0.05, 0.1) is 58.1 Å². The van der Waals surface area contributed by atoms with Crippen LogP contribution in [0.1, 0.15) is 97.5 Å². The Balaban J connectivity index is 1.11. The van der Waals surface area contributed by atoms with Crippen LogP contribution in [0.25, 0.3) is 0 Å². The van der Waals surface area contributed by atoms with Crippen molar-refractivity contribution in [3.05, 3.63) is 29.8 Å². The van der Waals surface area contributed by atoms with Crippen molar-refractivity contribution in [2.45, 2.75) is 108 Å². The van der Waals surface area contributed by atoms with Gasteiger partial charge in [-0.05, 0) is 64.7 Å². The van der Waals surface area contributed by atoms with E-state index < -0.39 is 67.4 Å². The Morgan fingerprint density at radius 3 is 1.86 bits per heavy atom. The third-order valence-electron chi connectivity index (χ3n) is 13.3. The molecular weight excluding hydrogens is 1120 g/mol. The maximum absolute atomic E-state index is 13.4. The van der Waals surface area contributed by atoms with Gasteiger partial charge in [-0.15, -0.1) is 11.8 Å². The highest BCUT2D eigenvalue weighted by atomic mass is 33.2. The van der Waals surface area contributed by atoms with Crippen molar-refractivity contribution >= 4 is 121 Å². The number of amides is 7. The SMILES string of the molecule is CC(=O)C1(C(=O)CCN2C(=O)CC(SCCC(=O)C[C@H](CCCCNC(=O)COCC(=O)Nc3ccc(CCC(=O)N4CCC4=O)cc3)C(=O)NCCOCCOCCOCCOCCC(=O)C(C(C)=O)(C(C)=O)C(C)=O)C2=O)SS1. The highest BCUT2D eigenvalue weighted by Crippen LogP contribution is 2.66. The van der Waals surface area contributed by atoms with Crippen molar-refractivity contribution in [1.29, 1.82) is 0 Å². The summed E-state index contributed by atoms with van der Waals surface area (Å²) in [7, 11) is 2.31. The molecule has 4 rings (SSSR count). The van der Waals surface area contributed by atoms with Gasteiger partial charge in [0, 0.05) is 88.5 Å². The molecule has 1 aromatic carbocycles. The van der Waals surface area contributed by atoms with Crippen LogP contribution in [-0.4, -0.2) is 199 Å². The van der Waals surface area contributed by atoms with E-state index in [1.807, 2.05) is 0 Å². The summed E-state index contributed by atoms with van der Waals surface area (Å²) in [5.41, 5.74) is -0.950. The first-order valence-corrected chi connectivity index (χ1v) is 29.9. The Labute approximate surface area is 482 Å². The number of imide groups is 2. The van der Waals surface area contributed by atoms with Gasteiger partial charge < -0.3 is 39.6 Å². The highest BCUT2D eigenvalue weighted by molar-refractivity contribution is 8.94. The zero-order valence-corrected chi connectivity index (χ0v) is 48.7. The van der Waals surface area contributed by atoms with Gasteiger partial charge in [0.2, 0.25) is 46.8 Å². The fourth-order valence-corrected chi connectivity index (χ4v) is 12.0. The summed E-state index contributed by atoms with van der Waals surface area (Å²) in [6, 6.07) is 6.87. The van der Waals surface area contributed by atoms with Crippen LogP contribution in [0.15, 0.2) is 24.3 Å². The number of ether oxygens (including phenoxy) is 5. The largest absolute Gasteiger partial charge is 0.379 e. The number of hydrogen-bond acceptors (Lipinski definition) is 22. The van der Waals surface area contributed by atoms with Crippen molar-refractivity contribution in [3.8, 4) is 0 Å². The van der Waals surface area contributed by atoms with Crippen molar-refractivity contribution in [2.24, 2.45) is 11.3 Å². The van der Waals surface area contributed by atoms with E-state index in [1.54, 1.807) is 24.3 Å². The molecule has 0 spiro atoms. The van der Waals surface area contributed by atoms with Crippen LogP contribution in [0, 0.1) is 11.3 Å². The van der Waals surface area contributed by atoms with E-state index in [2.05, 4.69) is 16.0 Å². The molecule has 1 unspecified atom stereocenters. The quantitative estimate of drug-likeness (QED) is 0.0210. The normalized spacial score (nSPS) is 15.9. The zero-order chi connectivity index (χ0) is 59.5. The predicted molar refractivity (Wildman–Crippen MR) is 296 cm³/mol. The summed E-state index contributed by atoms with van der Waals surface area (Å²) in [6.07, 6.45) is 1.64. The Kier molecular flexibility index (Phi) is 29.2. The van der Waals surface area contributed by atoms with Crippen LogP contribution in [0.3, 0.4) is 0 Å². The molecule has 3 heterocycles. The van der Waals surface area contributed by atoms with E-state index in [4.69, 9.17) is 23.7 Å². The molecule has 24 nitrogen and oxygen atoms in total. The Morgan fingerprint density at radius 2 is 1.30 bits per heavy atom. The van der Waals surface area contributed by atoms with Gasteiger partial charge in [-0.2, -0.15) is 0 Å². The zero-order valence-electron chi connectivity index (χ0n) is 46.2. The predicted octanol–water partition coefficient (Wildman–Crippen LogP) is 1.98. The van der Waals surface area contributed by atoms with Gasteiger partial charge in [-0.25, -0.2) is 0 Å². The maximum Gasteiger partial charge on any atom is 0.250 e. The van der Waals surface area contributed by atoms with E-state index in [1.165, 1.54) is 11.8 Å². The number of aryl methyl sites for hydroxylation is 1. The number of rotatable bonds is 44. The van der Waals surface area contributed by atoms with Crippen LogP contribution in [0.4, 0.5) is 5.69 Å². The fraction of sp³-hybridized carbons (Fsp3) is 0.630. The lowest BCUT2D eigenvalue weighted by Gasteiger charge is -2.28. The van der Waals surface area contributed by atoms with Gasteiger partial charge in [-0.3, -0.25) is 76.9 Å². The smallest absolute Gasteiger partial charge is 0.250 e. The monoisotopic (exact) mass is 1190 g/mol. The summed E-state index contributed by atoms with van der Waals surface area (Å²) < 4.78 is 26.0. The molecule has 446 valence electrons. The average Bonchev–Trinajstić information content (AvgIpc) is 4.28. The lowest BCUT2D eigenvalue weighted by atomic mass is 9.72. The van der Waals surface area contributed by atoms with E-state index in [0.717, 1.165) is 64.6 Å². The molecule has 0 radical (unpaired) electrons. The minimum absolute atomic E-state index is 0.0219. The lowest BCUT2D eigenvalue weighted by Crippen LogP contribution is -2.50. The molecule has 0 aromatic heterocycles. The van der Waals surface area contributed by atoms with E-state index in [-0.39, 0.29) is 165 Å². The molecule has 3 fully saturated rings. The molecule has 3 aliphatic heterocycles. The van der Waals surface area contributed by atoms with Crippen LogP contribution in [0.2, 0.25) is 0 Å².